The lowest BCUT2D eigenvalue weighted by Crippen LogP contribution is -2.30. The highest BCUT2D eigenvalue weighted by Crippen LogP contribution is 2.17. The van der Waals surface area contributed by atoms with Crippen LogP contribution >= 0.6 is 0 Å². The van der Waals surface area contributed by atoms with Gasteiger partial charge in [-0.3, -0.25) is 14.4 Å². The van der Waals surface area contributed by atoms with Gasteiger partial charge in [-0.05, 0) is 83.5 Å². The molecule has 6 heteroatoms. The summed E-state index contributed by atoms with van der Waals surface area (Å²) in [5.74, 6) is -0.872. The standard InChI is InChI=1S/C66H120O6/c1-4-7-10-13-16-19-22-25-28-30-31-32-33-34-35-36-39-41-44-47-50-53-56-59-65(68)71-62-63(61-70-64(67)58-55-52-49-46-43-40-37-27-24-21-18-15-12-9-6-3)72-66(69)60-57-54-51-48-45-42-38-29-26-23-20-17-14-11-8-5-2/h22,25,29-31,33-34,38,63H,4-21,23-24,26-28,32,35-37,39-62H2,1-3H3/b25-22-,31-30-,34-33-,38-29-. The molecule has 0 saturated carbocycles. The average molecular weight is 1010 g/mol. The number of hydrogen-bond acceptors (Lipinski definition) is 6. The topological polar surface area (TPSA) is 78.9 Å². The van der Waals surface area contributed by atoms with E-state index in [4.69, 9.17) is 14.2 Å². The zero-order valence-electron chi connectivity index (χ0n) is 48.2. The molecule has 0 rings (SSSR count). The van der Waals surface area contributed by atoms with Crippen molar-refractivity contribution in [3.8, 4) is 0 Å². The van der Waals surface area contributed by atoms with E-state index < -0.39 is 6.10 Å². The van der Waals surface area contributed by atoms with Crippen molar-refractivity contribution in [3.63, 3.8) is 0 Å². The van der Waals surface area contributed by atoms with Crippen molar-refractivity contribution in [2.75, 3.05) is 13.2 Å². The van der Waals surface area contributed by atoms with Gasteiger partial charge in [0.25, 0.3) is 0 Å². The Morgan fingerprint density at radius 1 is 0.278 bits per heavy atom. The molecule has 6 nitrogen and oxygen atoms in total. The van der Waals surface area contributed by atoms with Gasteiger partial charge in [0, 0.05) is 19.3 Å². The molecule has 0 aliphatic heterocycles. The second-order valence-corrected chi connectivity index (χ2v) is 21.3. The average Bonchev–Trinajstić information content (AvgIpc) is 3.38. The number of unbranched alkanes of at least 4 members (excludes halogenated alkanes) is 39. The molecule has 0 bridgehead atoms. The van der Waals surface area contributed by atoms with Crippen molar-refractivity contribution in [3.05, 3.63) is 48.6 Å². The van der Waals surface area contributed by atoms with Crippen LogP contribution in [0.4, 0.5) is 0 Å². The van der Waals surface area contributed by atoms with Gasteiger partial charge >= 0.3 is 17.9 Å². The summed E-state index contributed by atoms with van der Waals surface area (Å²) in [6.45, 7) is 6.66. The predicted molar refractivity (Wildman–Crippen MR) is 312 cm³/mol. The lowest BCUT2D eigenvalue weighted by Gasteiger charge is -2.18. The van der Waals surface area contributed by atoms with E-state index in [9.17, 15) is 14.4 Å². The molecule has 0 N–H and O–H groups in total. The van der Waals surface area contributed by atoms with Crippen LogP contribution in [0, 0.1) is 0 Å². The van der Waals surface area contributed by atoms with Gasteiger partial charge < -0.3 is 14.2 Å². The summed E-state index contributed by atoms with van der Waals surface area (Å²) in [6.07, 6.45) is 75.3. The Kier molecular flexibility index (Phi) is 58.7. The first-order valence-corrected chi connectivity index (χ1v) is 31.6. The molecule has 1 unspecified atom stereocenters. The number of carbonyl (C=O) groups is 3. The maximum atomic E-state index is 12.9. The van der Waals surface area contributed by atoms with Gasteiger partial charge in [-0.15, -0.1) is 0 Å². The second kappa shape index (κ2) is 60.9. The molecule has 0 fully saturated rings. The Labute approximate surface area is 448 Å². The maximum Gasteiger partial charge on any atom is 0.306 e. The molecular formula is C66H120O6. The van der Waals surface area contributed by atoms with Gasteiger partial charge in [0.2, 0.25) is 0 Å². The van der Waals surface area contributed by atoms with Crippen molar-refractivity contribution in [2.45, 2.75) is 341 Å². The monoisotopic (exact) mass is 1010 g/mol. The van der Waals surface area contributed by atoms with Crippen LogP contribution in [0.1, 0.15) is 335 Å². The molecule has 0 aromatic carbocycles. The summed E-state index contributed by atoms with van der Waals surface area (Å²) < 4.78 is 16.9. The first kappa shape index (κ1) is 69.4. The van der Waals surface area contributed by atoms with Crippen LogP contribution in [0.15, 0.2) is 48.6 Å². The number of rotatable bonds is 58. The van der Waals surface area contributed by atoms with Gasteiger partial charge in [-0.25, -0.2) is 0 Å². The largest absolute Gasteiger partial charge is 0.462 e. The SMILES string of the molecule is CCCCCCC/C=C\C/C=C\C/C=C\CCCCCCCCCCC(=O)OCC(COC(=O)CCCCCCCCCCCCCCCCC)OC(=O)CCCCCCC/C=C\CCCCCCCCC. The van der Waals surface area contributed by atoms with E-state index in [0.29, 0.717) is 19.3 Å². The van der Waals surface area contributed by atoms with Crippen LogP contribution in [0.25, 0.3) is 0 Å². The van der Waals surface area contributed by atoms with Crippen LogP contribution in [-0.2, 0) is 28.6 Å². The Morgan fingerprint density at radius 3 is 0.792 bits per heavy atom. The molecule has 72 heavy (non-hydrogen) atoms. The van der Waals surface area contributed by atoms with E-state index in [1.165, 1.54) is 212 Å². The molecule has 0 aliphatic carbocycles. The molecule has 0 amide bonds. The molecule has 1 atom stereocenters. The van der Waals surface area contributed by atoms with Gasteiger partial charge in [0.05, 0.1) is 0 Å². The summed E-state index contributed by atoms with van der Waals surface area (Å²) in [4.78, 5) is 38.3. The summed E-state index contributed by atoms with van der Waals surface area (Å²) in [5, 5.41) is 0. The second-order valence-electron chi connectivity index (χ2n) is 21.3. The summed E-state index contributed by atoms with van der Waals surface area (Å²) in [7, 11) is 0. The Hall–Kier alpha value is -2.63. The summed E-state index contributed by atoms with van der Waals surface area (Å²) in [5.41, 5.74) is 0. The molecule has 0 aliphatic rings. The number of ether oxygens (including phenoxy) is 3. The third-order valence-corrected chi connectivity index (χ3v) is 14.1. The van der Waals surface area contributed by atoms with E-state index in [-0.39, 0.29) is 31.1 Å². The highest BCUT2D eigenvalue weighted by Gasteiger charge is 2.19. The van der Waals surface area contributed by atoms with Crippen LogP contribution in [0.5, 0.6) is 0 Å². The molecular weight excluding hydrogens is 889 g/mol. The third-order valence-electron chi connectivity index (χ3n) is 14.1. The van der Waals surface area contributed by atoms with Gasteiger partial charge in [0.1, 0.15) is 13.2 Å². The predicted octanol–water partition coefficient (Wildman–Crippen LogP) is 21.4. The number of allylic oxidation sites excluding steroid dienone is 8. The first-order chi connectivity index (χ1) is 35.5. The smallest absolute Gasteiger partial charge is 0.306 e. The number of esters is 3. The van der Waals surface area contributed by atoms with E-state index in [0.717, 1.165) is 83.5 Å². The highest BCUT2D eigenvalue weighted by atomic mass is 16.6. The molecule has 0 aromatic heterocycles. The van der Waals surface area contributed by atoms with E-state index >= 15 is 0 Å². The van der Waals surface area contributed by atoms with Crippen LogP contribution in [0.3, 0.4) is 0 Å². The van der Waals surface area contributed by atoms with Crippen LogP contribution in [-0.4, -0.2) is 37.2 Å². The zero-order valence-corrected chi connectivity index (χ0v) is 48.2. The minimum atomic E-state index is -0.779. The van der Waals surface area contributed by atoms with Crippen molar-refractivity contribution in [2.24, 2.45) is 0 Å². The lowest BCUT2D eigenvalue weighted by molar-refractivity contribution is -0.167. The molecule has 0 radical (unpaired) electrons. The minimum Gasteiger partial charge on any atom is -0.462 e. The van der Waals surface area contributed by atoms with Crippen LogP contribution < -0.4 is 0 Å². The third kappa shape index (κ3) is 58.3. The Bertz CT molecular complexity index is 1250. The molecule has 0 saturated heterocycles. The molecule has 0 heterocycles. The fourth-order valence-electron chi connectivity index (χ4n) is 9.27. The summed E-state index contributed by atoms with van der Waals surface area (Å²) >= 11 is 0. The van der Waals surface area contributed by atoms with Gasteiger partial charge in [0.15, 0.2) is 6.10 Å². The zero-order chi connectivity index (χ0) is 52.2. The Balaban J connectivity index is 4.34. The normalized spacial score (nSPS) is 12.3. The number of hydrogen-bond donors (Lipinski definition) is 0. The maximum absolute atomic E-state index is 12.9. The quantitative estimate of drug-likeness (QED) is 0.0261. The molecule has 0 spiro atoms. The fourth-order valence-corrected chi connectivity index (χ4v) is 9.27. The van der Waals surface area contributed by atoms with Crippen molar-refractivity contribution >= 4 is 17.9 Å². The van der Waals surface area contributed by atoms with Crippen molar-refractivity contribution in [1.82, 2.24) is 0 Å². The van der Waals surface area contributed by atoms with Crippen LogP contribution in [0.2, 0.25) is 0 Å². The number of carbonyl (C=O) groups excluding carboxylic acids is 3. The summed E-state index contributed by atoms with van der Waals surface area (Å²) in [6, 6.07) is 0. The van der Waals surface area contributed by atoms with E-state index in [2.05, 4.69) is 69.4 Å². The Morgan fingerprint density at radius 2 is 0.500 bits per heavy atom. The van der Waals surface area contributed by atoms with E-state index in [1.807, 2.05) is 0 Å². The minimum absolute atomic E-state index is 0.0753. The first-order valence-electron chi connectivity index (χ1n) is 31.6. The van der Waals surface area contributed by atoms with Crippen molar-refractivity contribution < 1.29 is 28.6 Å². The fraction of sp³-hybridized carbons (Fsp3) is 0.833. The van der Waals surface area contributed by atoms with Gasteiger partial charge in [-0.2, -0.15) is 0 Å². The highest BCUT2D eigenvalue weighted by molar-refractivity contribution is 5.71. The van der Waals surface area contributed by atoms with E-state index in [1.54, 1.807) is 0 Å². The van der Waals surface area contributed by atoms with Gasteiger partial charge in [-0.1, -0.05) is 281 Å². The molecule has 0 aromatic rings. The lowest BCUT2D eigenvalue weighted by atomic mass is 10.0. The molecule has 420 valence electrons. The van der Waals surface area contributed by atoms with Crippen molar-refractivity contribution in [1.29, 1.82) is 0 Å².